The van der Waals surface area contributed by atoms with Crippen LogP contribution in [0.15, 0.2) is 0 Å². The Kier molecular flexibility index (Phi) is 25.4. The van der Waals surface area contributed by atoms with Crippen LogP contribution < -0.4 is 0 Å². The molecule has 45 heavy (non-hydrogen) atoms. The summed E-state index contributed by atoms with van der Waals surface area (Å²) in [6, 6.07) is 0. The van der Waals surface area contributed by atoms with Gasteiger partial charge in [-0.05, 0) is 93.5 Å². The monoisotopic (exact) mass is 787 g/mol. The van der Waals surface area contributed by atoms with Gasteiger partial charge >= 0.3 is 53.2 Å². The average molecular weight is 789 g/mol. The molecule has 0 saturated heterocycles. The Morgan fingerprint density at radius 3 is 1.62 bits per heavy atom. The fraction of sp³-hybridized carbons (Fsp3) is 0.871. The van der Waals surface area contributed by atoms with Crippen molar-refractivity contribution in [3.8, 4) is 0 Å². The van der Waals surface area contributed by atoms with E-state index >= 15 is 0 Å². The Morgan fingerprint density at radius 2 is 1.22 bits per heavy atom. The van der Waals surface area contributed by atoms with Crippen molar-refractivity contribution in [3.63, 3.8) is 0 Å². The van der Waals surface area contributed by atoms with Crippen molar-refractivity contribution in [2.45, 2.75) is 109 Å². The van der Waals surface area contributed by atoms with Gasteiger partial charge in [0.15, 0.2) is 0 Å². The van der Waals surface area contributed by atoms with Gasteiger partial charge in [0.25, 0.3) is 0 Å². The van der Waals surface area contributed by atoms with Gasteiger partial charge in [-0.15, -0.1) is 10.3 Å². The zero-order chi connectivity index (χ0) is 35.5. The molecule has 0 radical (unpaired) electrons. The number of esters is 2. The van der Waals surface area contributed by atoms with Gasteiger partial charge in [0.1, 0.15) is 18.1 Å². The molecule has 0 heterocycles. The quantitative estimate of drug-likeness (QED) is 0.0433. The molecule has 0 spiro atoms. The number of carbonyl (C=O) groups is 4. The predicted octanol–water partition coefficient (Wildman–Crippen LogP) is 7.35. The van der Waals surface area contributed by atoms with E-state index in [0.717, 1.165) is 12.8 Å². The van der Waals surface area contributed by atoms with Crippen molar-refractivity contribution in [2.24, 2.45) is 5.41 Å². The molecule has 0 amide bonds. The fourth-order valence-electron chi connectivity index (χ4n) is 4.04. The molecule has 0 atom stereocenters. The summed E-state index contributed by atoms with van der Waals surface area (Å²) >= 11 is 11.9. The van der Waals surface area contributed by atoms with Gasteiger partial charge in [0, 0.05) is 24.2 Å². The Labute approximate surface area is 313 Å². The van der Waals surface area contributed by atoms with Crippen LogP contribution in [0.2, 0.25) is 0 Å². The van der Waals surface area contributed by atoms with Gasteiger partial charge in [-0.2, -0.15) is 0 Å². The Morgan fingerprint density at radius 1 is 0.756 bits per heavy atom. The van der Waals surface area contributed by atoms with Crippen LogP contribution in [-0.4, -0.2) is 121 Å². The number of hydrogen-bond acceptors (Lipinski definition) is 8. The molecule has 0 N–H and O–H groups in total. The van der Waals surface area contributed by atoms with E-state index < -0.39 is 48.2 Å². The molecule has 0 rings (SSSR count). The molecule has 0 aromatic rings. The summed E-state index contributed by atoms with van der Waals surface area (Å²) in [7, 11) is 0.693. The number of carbonyl (C=O) groups excluding carboxylic acids is 4. The summed E-state index contributed by atoms with van der Waals surface area (Å²) in [5, 5.41) is -1.23. The van der Waals surface area contributed by atoms with Crippen LogP contribution in [-0.2, 0) is 46.7 Å². The number of hydrogen-bond donors (Lipinski definition) is 0. The SMILES string of the molecule is CCCCS(C)(C)C(C)(C)OS(C)(C)C(C)(C)CCCOCC(CC)(COC(=O)CCC(=O)Cl)COC(=O)CCC(=O)Cl.[Ca]=[Mn]. The van der Waals surface area contributed by atoms with Crippen molar-refractivity contribution in [1.82, 2.24) is 0 Å². The van der Waals surface area contributed by atoms with Crippen LogP contribution in [0.25, 0.3) is 0 Å². The van der Waals surface area contributed by atoms with Crippen LogP contribution in [0.3, 0.4) is 0 Å². The molecular formula is C31H58CaCl2MnO8S2. The maximum absolute atomic E-state index is 12.2. The molecular weight excluding hydrogens is 730 g/mol. The van der Waals surface area contributed by atoms with Crippen LogP contribution >= 0.6 is 43.5 Å². The van der Waals surface area contributed by atoms with E-state index in [4.69, 9.17) is 41.6 Å². The third kappa shape index (κ3) is 19.9. The molecule has 0 unspecified atom stereocenters. The number of ether oxygens (including phenoxy) is 3. The summed E-state index contributed by atoms with van der Waals surface area (Å²) in [5.74, 6) is 0.0562. The summed E-state index contributed by atoms with van der Waals surface area (Å²) < 4.78 is 23.9. The second-order valence-electron chi connectivity index (χ2n) is 13.1. The minimum atomic E-state index is -1.42. The molecule has 0 aliphatic rings. The van der Waals surface area contributed by atoms with Gasteiger partial charge in [-0.1, -0.05) is 34.1 Å². The molecule has 0 aromatic heterocycles. The summed E-state index contributed by atoms with van der Waals surface area (Å²) in [6.45, 7) is 13.7. The molecule has 0 aliphatic carbocycles. The standard InChI is InChI=1S/C31H58Cl2O8S2.Ca.Mn/c1-11-13-21-42(7,8)30(5,6)41-43(9,10)29(3,4)19-14-20-38-22-31(12-2,23-39-27(36)17-15-25(32)34)24-40-28(37)18-16-26(33)35;;/h11-24H2,1-10H3;;. The van der Waals surface area contributed by atoms with E-state index in [9.17, 15) is 19.2 Å². The fourth-order valence-corrected chi connectivity index (χ4v) is 8.84. The molecule has 0 aliphatic heterocycles. The summed E-state index contributed by atoms with van der Waals surface area (Å²) in [5.41, 5.74) is -0.790. The Balaban J connectivity index is 0. The first-order valence-electron chi connectivity index (χ1n) is 15.3. The normalized spacial score (nSPS) is 13.4. The van der Waals surface area contributed by atoms with Crippen LogP contribution in [0.4, 0.5) is 0 Å². The second kappa shape index (κ2) is 23.6. The van der Waals surface area contributed by atoms with Gasteiger partial charge < -0.3 is 18.4 Å². The molecule has 0 bridgehead atoms. The predicted molar refractivity (Wildman–Crippen MR) is 189 cm³/mol. The van der Waals surface area contributed by atoms with Crippen molar-refractivity contribution in [3.05, 3.63) is 0 Å². The van der Waals surface area contributed by atoms with E-state index in [-0.39, 0.29) is 55.2 Å². The van der Waals surface area contributed by atoms with E-state index in [0.29, 0.717) is 13.0 Å². The third-order valence-corrected chi connectivity index (χ3v) is 16.7. The van der Waals surface area contributed by atoms with Crippen LogP contribution in [0, 0.1) is 5.41 Å². The van der Waals surface area contributed by atoms with E-state index in [1.54, 1.807) is 0 Å². The Hall–Kier alpha value is 1.26. The molecule has 0 fully saturated rings. The number of rotatable bonds is 24. The zero-order valence-electron chi connectivity index (χ0n) is 29.3. The second-order valence-corrected chi connectivity index (χ2v) is 22.2. The zero-order valence-corrected chi connectivity index (χ0v) is 35.9. The first-order chi connectivity index (χ1) is 20.7. The van der Waals surface area contributed by atoms with Gasteiger partial charge in [-0.25, -0.2) is 10.0 Å². The third-order valence-electron chi connectivity index (χ3n) is 8.43. The first kappa shape index (κ1) is 48.4. The van der Waals surface area contributed by atoms with E-state index in [1.165, 1.54) is 50.7 Å². The summed E-state index contributed by atoms with van der Waals surface area (Å²) in [4.78, 5) is 46.2. The topological polar surface area (TPSA) is 105 Å². The van der Waals surface area contributed by atoms with Crippen molar-refractivity contribution in [1.29, 1.82) is 0 Å². The van der Waals surface area contributed by atoms with E-state index in [2.05, 4.69) is 68.8 Å². The van der Waals surface area contributed by atoms with Crippen molar-refractivity contribution < 1.29 is 46.7 Å². The molecule has 14 heteroatoms. The molecule has 265 valence electrons. The van der Waals surface area contributed by atoms with Gasteiger partial charge in [0.05, 0.1) is 24.9 Å². The van der Waals surface area contributed by atoms with Crippen LogP contribution in [0.5, 0.6) is 0 Å². The van der Waals surface area contributed by atoms with Gasteiger partial charge in [0.2, 0.25) is 10.5 Å². The number of halogens is 2. The summed E-state index contributed by atoms with van der Waals surface area (Å²) in [6.07, 6.45) is 13.3. The van der Waals surface area contributed by atoms with Crippen LogP contribution in [0.1, 0.15) is 99.3 Å². The minimum absolute atomic E-state index is 0.0533. The molecule has 0 aromatic carbocycles. The molecule has 8 nitrogen and oxygen atoms in total. The van der Waals surface area contributed by atoms with Crippen molar-refractivity contribution >= 4 is 98.1 Å². The average Bonchev–Trinajstić information content (AvgIpc) is 2.95. The Bertz CT molecular complexity index is 901. The first-order valence-corrected chi connectivity index (χ1v) is 25.3. The number of unbranched alkanes of at least 4 members (excludes halogenated alkanes) is 1. The van der Waals surface area contributed by atoms with Crippen molar-refractivity contribution in [2.75, 3.05) is 57.2 Å². The maximum atomic E-state index is 12.2. The molecule has 0 saturated carbocycles. The van der Waals surface area contributed by atoms with E-state index in [1.807, 2.05) is 6.92 Å². The van der Waals surface area contributed by atoms with Gasteiger partial charge in [-0.3, -0.25) is 19.2 Å².